The molecule has 1 aromatic rings. The third kappa shape index (κ3) is 4.49. The minimum absolute atomic E-state index is 0.0883. The third-order valence-electron chi connectivity index (χ3n) is 4.02. The van der Waals surface area contributed by atoms with Gasteiger partial charge in [0.05, 0.1) is 6.67 Å². The van der Waals surface area contributed by atoms with Crippen LogP contribution < -0.4 is 5.32 Å². The Labute approximate surface area is 125 Å². The number of amides is 1. The summed E-state index contributed by atoms with van der Waals surface area (Å²) in [6.45, 7) is 5.21. The Kier molecular flexibility index (Phi) is 6.11. The molecule has 1 amide bonds. The maximum absolute atomic E-state index is 12.2. The fourth-order valence-electron chi connectivity index (χ4n) is 2.82. The number of hydrogen-bond donors (Lipinski definition) is 1. The van der Waals surface area contributed by atoms with Crippen molar-refractivity contribution in [2.24, 2.45) is 5.92 Å². The second-order valence-corrected chi connectivity index (χ2v) is 5.57. The van der Waals surface area contributed by atoms with E-state index >= 15 is 0 Å². The van der Waals surface area contributed by atoms with Gasteiger partial charge in [-0.3, -0.25) is 14.2 Å². The van der Waals surface area contributed by atoms with Crippen LogP contribution in [0.2, 0.25) is 0 Å². The molecule has 21 heavy (non-hydrogen) atoms. The molecule has 2 rings (SSSR count). The number of hydrogen-bond acceptors (Lipinski definition) is 3. The molecule has 0 radical (unpaired) electrons. The molecule has 4 nitrogen and oxygen atoms in total. The minimum Gasteiger partial charge on any atom is -0.350 e. The highest BCUT2D eigenvalue weighted by Crippen LogP contribution is 2.16. The molecular weight excluding hydrogens is 269 g/mol. The molecule has 1 fully saturated rings. The van der Waals surface area contributed by atoms with Crippen molar-refractivity contribution < 1.29 is 9.18 Å². The summed E-state index contributed by atoms with van der Waals surface area (Å²) in [5, 5.41) is 2.99. The molecule has 1 aliphatic heterocycles. The van der Waals surface area contributed by atoms with Crippen molar-refractivity contribution in [3.05, 3.63) is 29.6 Å². The molecule has 1 saturated heterocycles. The van der Waals surface area contributed by atoms with Gasteiger partial charge in [-0.25, -0.2) is 0 Å². The number of nitrogens with one attached hydrogen (secondary N) is 1. The molecule has 0 bridgehead atoms. The van der Waals surface area contributed by atoms with Gasteiger partial charge in [0.15, 0.2) is 0 Å². The SMILES string of the molecule is CCc1cccnc1C(=O)NCC1CCN(CCCF)C1. The van der Waals surface area contributed by atoms with E-state index in [1.807, 2.05) is 19.1 Å². The van der Waals surface area contributed by atoms with E-state index in [1.165, 1.54) is 0 Å². The maximum Gasteiger partial charge on any atom is 0.270 e. The van der Waals surface area contributed by atoms with E-state index in [9.17, 15) is 9.18 Å². The summed E-state index contributed by atoms with van der Waals surface area (Å²) in [4.78, 5) is 18.7. The lowest BCUT2D eigenvalue weighted by atomic mass is 10.1. The first-order valence-corrected chi connectivity index (χ1v) is 7.75. The van der Waals surface area contributed by atoms with Crippen molar-refractivity contribution in [3.63, 3.8) is 0 Å². The first-order valence-electron chi connectivity index (χ1n) is 7.75. The number of alkyl halides is 1. The van der Waals surface area contributed by atoms with Gasteiger partial charge in [0.2, 0.25) is 0 Å². The van der Waals surface area contributed by atoms with Crippen LogP contribution in [0, 0.1) is 5.92 Å². The molecule has 1 atom stereocenters. The van der Waals surface area contributed by atoms with Crippen LogP contribution >= 0.6 is 0 Å². The number of aryl methyl sites for hydroxylation is 1. The fourth-order valence-corrected chi connectivity index (χ4v) is 2.82. The monoisotopic (exact) mass is 293 g/mol. The van der Waals surface area contributed by atoms with Crippen LogP contribution in [0.25, 0.3) is 0 Å². The molecule has 0 spiro atoms. The lowest BCUT2D eigenvalue weighted by Crippen LogP contribution is -2.32. The van der Waals surface area contributed by atoms with Crippen LogP contribution in [-0.4, -0.2) is 48.6 Å². The van der Waals surface area contributed by atoms with Crippen molar-refractivity contribution in [1.29, 1.82) is 0 Å². The molecule has 5 heteroatoms. The number of pyridine rings is 1. The molecule has 0 aliphatic carbocycles. The molecule has 1 unspecified atom stereocenters. The predicted octanol–water partition coefficient (Wildman–Crippen LogP) is 2.06. The molecule has 1 N–H and O–H groups in total. The standard InChI is InChI=1S/C16H24FN3O/c1-2-14-5-3-8-18-15(14)16(21)19-11-13-6-10-20(12-13)9-4-7-17/h3,5,8,13H,2,4,6-7,9-12H2,1H3,(H,19,21). The molecule has 116 valence electrons. The van der Waals surface area contributed by atoms with Gasteiger partial charge in [0.1, 0.15) is 5.69 Å². The third-order valence-corrected chi connectivity index (χ3v) is 4.02. The van der Waals surface area contributed by atoms with E-state index in [2.05, 4.69) is 15.2 Å². The van der Waals surface area contributed by atoms with Crippen molar-refractivity contribution in [3.8, 4) is 0 Å². The Morgan fingerprint density at radius 1 is 1.57 bits per heavy atom. The number of nitrogens with zero attached hydrogens (tertiary/aromatic N) is 2. The Hall–Kier alpha value is -1.49. The topological polar surface area (TPSA) is 45.2 Å². The summed E-state index contributed by atoms with van der Waals surface area (Å²) >= 11 is 0. The van der Waals surface area contributed by atoms with Gasteiger partial charge in [0, 0.05) is 25.8 Å². The van der Waals surface area contributed by atoms with Gasteiger partial charge in [-0.05, 0) is 43.4 Å². The molecule has 0 saturated carbocycles. The number of carbonyl (C=O) groups is 1. The Morgan fingerprint density at radius 3 is 3.19 bits per heavy atom. The zero-order valence-corrected chi connectivity index (χ0v) is 12.6. The lowest BCUT2D eigenvalue weighted by Gasteiger charge is -2.15. The average molecular weight is 293 g/mol. The molecule has 2 heterocycles. The predicted molar refractivity (Wildman–Crippen MR) is 81.1 cm³/mol. The number of carbonyl (C=O) groups excluding carboxylic acids is 1. The van der Waals surface area contributed by atoms with Crippen LogP contribution in [0.5, 0.6) is 0 Å². The van der Waals surface area contributed by atoms with Crippen molar-refractivity contribution in [2.45, 2.75) is 26.2 Å². The normalized spacial score (nSPS) is 18.9. The fraction of sp³-hybridized carbons (Fsp3) is 0.625. The second-order valence-electron chi connectivity index (χ2n) is 5.57. The van der Waals surface area contributed by atoms with E-state index in [-0.39, 0.29) is 12.6 Å². The van der Waals surface area contributed by atoms with Crippen LogP contribution in [-0.2, 0) is 6.42 Å². The number of halogens is 1. The first-order chi connectivity index (χ1) is 10.2. The average Bonchev–Trinajstić information content (AvgIpc) is 2.98. The Bertz CT molecular complexity index is 467. The van der Waals surface area contributed by atoms with Gasteiger partial charge in [-0.2, -0.15) is 0 Å². The number of aromatic nitrogens is 1. The van der Waals surface area contributed by atoms with E-state index in [4.69, 9.17) is 0 Å². The van der Waals surface area contributed by atoms with Crippen LogP contribution in [0.1, 0.15) is 35.8 Å². The zero-order valence-electron chi connectivity index (χ0n) is 12.6. The van der Waals surface area contributed by atoms with E-state index in [0.717, 1.165) is 38.0 Å². The summed E-state index contributed by atoms with van der Waals surface area (Å²) in [7, 11) is 0. The lowest BCUT2D eigenvalue weighted by molar-refractivity contribution is 0.0941. The van der Waals surface area contributed by atoms with Gasteiger partial charge >= 0.3 is 0 Å². The second kappa shape index (κ2) is 8.08. The molecule has 1 aliphatic rings. The van der Waals surface area contributed by atoms with Crippen LogP contribution in [0.15, 0.2) is 18.3 Å². The van der Waals surface area contributed by atoms with Crippen molar-refractivity contribution in [1.82, 2.24) is 15.2 Å². The number of rotatable bonds is 7. The van der Waals surface area contributed by atoms with Crippen molar-refractivity contribution >= 4 is 5.91 Å². The van der Waals surface area contributed by atoms with Crippen LogP contribution in [0.4, 0.5) is 4.39 Å². The van der Waals surface area contributed by atoms with Gasteiger partial charge in [0.25, 0.3) is 5.91 Å². The minimum atomic E-state index is -0.253. The molecule has 0 aromatic carbocycles. The van der Waals surface area contributed by atoms with Gasteiger partial charge < -0.3 is 10.2 Å². The highest BCUT2D eigenvalue weighted by molar-refractivity contribution is 5.93. The largest absolute Gasteiger partial charge is 0.350 e. The first kappa shape index (κ1) is 15.9. The van der Waals surface area contributed by atoms with E-state index < -0.39 is 0 Å². The summed E-state index contributed by atoms with van der Waals surface area (Å²) in [5.74, 6) is 0.372. The van der Waals surface area contributed by atoms with Gasteiger partial charge in [-0.15, -0.1) is 0 Å². The van der Waals surface area contributed by atoms with E-state index in [0.29, 0.717) is 24.6 Å². The molecular formula is C16H24FN3O. The highest BCUT2D eigenvalue weighted by atomic mass is 19.1. The van der Waals surface area contributed by atoms with Gasteiger partial charge in [-0.1, -0.05) is 13.0 Å². The smallest absolute Gasteiger partial charge is 0.270 e. The Morgan fingerprint density at radius 2 is 2.43 bits per heavy atom. The maximum atomic E-state index is 12.2. The summed E-state index contributed by atoms with van der Waals surface area (Å²) in [6.07, 6.45) is 4.13. The molecule has 1 aromatic heterocycles. The summed E-state index contributed by atoms with van der Waals surface area (Å²) in [5.41, 5.74) is 1.51. The van der Waals surface area contributed by atoms with Crippen LogP contribution in [0.3, 0.4) is 0 Å². The summed E-state index contributed by atoms with van der Waals surface area (Å²) < 4.78 is 12.2. The summed E-state index contributed by atoms with van der Waals surface area (Å²) in [6, 6.07) is 3.80. The van der Waals surface area contributed by atoms with E-state index in [1.54, 1.807) is 6.20 Å². The highest BCUT2D eigenvalue weighted by Gasteiger charge is 2.23. The number of likely N-dealkylation sites (tertiary alicyclic amines) is 1. The van der Waals surface area contributed by atoms with Crippen molar-refractivity contribution in [2.75, 3.05) is 32.9 Å². The zero-order chi connectivity index (χ0) is 15.1. The quantitative estimate of drug-likeness (QED) is 0.837. The Balaban J connectivity index is 1.79.